The Hall–Kier alpha value is -2.63. The summed E-state index contributed by atoms with van der Waals surface area (Å²) in [4.78, 5) is 34.8. The van der Waals surface area contributed by atoms with Crippen molar-refractivity contribution in [2.75, 3.05) is 13.2 Å². The fourth-order valence-electron chi connectivity index (χ4n) is 1.72. The molecule has 1 rings (SSSR count). The van der Waals surface area contributed by atoms with Gasteiger partial charge in [-0.3, -0.25) is 9.59 Å². The summed E-state index contributed by atoms with van der Waals surface area (Å²) in [5.74, 6) is -1.51. The van der Waals surface area contributed by atoms with Gasteiger partial charge in [0.05, 0.1) is 0 Å². The van der Waals surface area contributed by atoms with E-state index in [0.29, 0.717) is 6.54 Å². The van der Waals surface area contributed by atoms with Crippen LogP contribution in [0.25, 0.3) is 6.08 Å². The summed E-state index contributed by atoms with van der Waals surface area (Å²) in [7, 11) is 0. The number of unbranched alkanes of at least 4 members (excludes halogenated alkanes) is 1. The monoisotopic (exact) mass is 318 g/mol. The quantitative estimate of drug-likeness (QED) is 0.433. The maximum atomic E-state index is 12.0. The molecule has 0 fully saturated rings. The Morgan fingerprint density at radius 3 is 2.48 bits per heavy atom. The first kappa shape index (κ1) is 18.4. The van der Waals surface area contributed by atoms with Gasteiger partial charge in [0.25, 0.3) is 5.91 Å². The van der Waals surface area contributed by atoms with Crippen LogP contribution in [0.15, 0.2) is 36.0 Å². The molecule has 1 aromatic rings. The number of ether oxygens (including phenoxy) is 1. The zero-order valence-corrected chi connectivity index (χ0v) is 13.4. The second kappa shape index (κ2) is 10.2. The van der Waals surface area contributed by atoms with E-state index in [2.05, 4.69) is 10.6 Å². The summed E-state index contributed by atoms with van der Waals surface area (Å²) in [6.45, 7) is 3.48. The van der Waals surface area contributed by atoms with Gasteiger partial charge in [0.2, 0.25) is 5.91 Å². The summed E-state index contributed by atoms with van der Waals surface area (Å²) in [5, 5.41) is 5.07. The zero-order chi connectivity index (χ0) is 17.1. The van der Waals surface area contributed by atoms with Gasteiger partial charge in [0, 0.05) is 13.5 Å². The minimum Gasteiger partial charge on any atom is -0.451 e. The predicted octanol–water partition coefficient (Wildman–Crippen LogP) is 1.62. The Bertz CT molecular complexity index is 567. The van der Waals surface area contributed by atoms with E-state index < -0.39 is 11.9 Å². The third-order valence-corrected chi connectivity index (χ3v) is 2.83. The highest BCUT2D eigenvalue weighted by Crippen LogP contribution is 2.06. The van der Waals surface area contributed by atoms with Gasteiger partial charge in [-0.15, -0.1) is 0 Å². The molecule has 6 heteroatoms. The van der Waals surface area contributed by atoms with Gasteiger partial charge in [-0.2, -0.15) is 0 Å². The Balaban J connectivity index is 2.64. The van der Waals surface area contributed by atoms with Crippen molar-refractivity contribution >= 4 is 23.9 Å². The first-order valence-electron chi connectivity index (χ1n) is 7.51. The number of carbonyl (C=O) groups is 3. The number of carbonyl (C=O) groups excluding carboxylic acids is 3. The number of rotatable bonds is 8. The summed E-state index contributed by atoms with van der Waals surface area (Å²) >= 11 is 0. The molecule has 6 nitrogen and oxygen atoms in total. The summed E-state index contributed by atoms with van der Waals surface area (Å²) < 4.78 is 4.94. The molecule has 0 aromatic heterocycles. The molecule has 0 bridgehead atoms. The molecule has 0 radical (unpaired) electrons. The van der Waals surface area contributed by atoms with Gasteiger partial charge in [-0.05, 0) is 18.1 Å². The van der Waals surface area contributed by atoms with Crippen molar-refractivity contribution in [3.05, 3.63) is 41.6 Å². The van der Waals surface area contributed by atoms with Crippen LogP contribution in [0.1, 0.15) is 32.3 Å². The van der Waals surface area contributed by atoms with Gasteiger partial charge >= 0.3 is 5.97 Å². The third kappa shape index (κ3) is 7.80. The molecule has 2 amide bonds. The molecule has 1 aromatic carbocycles. The molecule has 2 N–H and O–H groups in total. The lowest BCUT2D eigenvalue weighted by Crippen LogP contribution is -2.32. The molecule has 0 spiro atoms. The minimum absolute atomic E-state index is 0.00921. The number of benzene rings is 1. The largest absolute Gasteiger partial charge is 0.451 e. The lowest BCUT2D eigenvalue weighted by molar-refractivity contribution is -0.145. The fraction of sp³-hybridized carbons (Fsp3) is 0.353. The van der Waals surface area contributed by atoms with E-state index in [1.807, 2.05) is 25.1 Å². The molecule has 0 saturated carbocycles. The second-order valence-corrected chi connectivity index (χ2v) is 4.93. The summed E-state index contributed by atoms with van der Waals surface area (Å²) in [5.41, 5.74) is 0.727. The second-order valence-electron chi connectivity index (χ2n) is 4.93. The van der Waals surface area contributed by atoms with Crippen LogP contribution in [0.2, 0.25) is 0 Å². The molecule has 0 atom stereocenters. The van der Waals surface area contributed by atoms with Crippen molar-refractivity contribution in [1.82, 2.24) is 10.6 Å². The van der Waals surface area contributed by atoms with Crippen LogP contribution in [-0.4, -0.2) is 30.9 Å². The fourth-order valence-corrected chi connectivity index (χ4v) is 1.72. The predicted molar refractivity (Wildman–Crippen MR) is 87.1 cm³/mol. The lowest BCUT2D eigenvalue weighted by Gasteiger charge is -2.09. The first-order chi connectivity index (χ1) is 11.0. The first-order valence-corrected chi connectivity index (χ1v) is 7.51. The highest BCUT2D eigenvalue weighted by atomic mass is 16.5. The van der Waals surface area contributed by atoms with Crippen molar-refractivity contribution in [2.24, 2.45) is 0 Å². The van der Waals surface area contributed by atoms with Gasteiger partial charge in [-0.1, -0.05) is 43.7 Å². The number of hydrogen-bond acceptors (Lipinski definition) is 4. The minimum atomic E-state index is -0.755. The Labute approximate surface area is 135 Å². The maximum absolute atomic E-state index is 12.0. The van der Waals surface area contributed by atoms with E-state index in [0.717, 1.165) is 18.4 Å². The summed E-state index contributed by atoms with van der Waals surface area (Å²) in [6.07, 6.45) is 3.33. The molecule has 0 aliphatic carbocycles. The van der Waals surface area contributed by atoms with Crippen molar-refractivity contribution < 1.29 is 19.1 Å². The van der Waals surface area contributed by atoms with E-state index in [4.69, 9.17) is 4.74 Å². The average Bonchev–Trinajstić information content (AvgIpc) is 2.53. The molecular weight excluding hydrogens is 296 g/mol. The number of hydrogen-bond donors (Lipinski definition) is 2. The third-order valence-electron chi connectivity index (χ3n) is 2.83. The van der Waals surface area contributed by atoms with Crippen LogP contribution in [0.5, 0.6) is 0 Å². The Kier molecular flexibility index (Phi) is 8.13. The van der Waals surface area contributed by atoms with Crippen molar-refractivity contribution in [3.8, 4) is 0 Å². The van der Waals surface area contributed by atoms with E-state index in [1.54, 1.807) is 12.1 Å². The van der Waals surface area contributed by atoms with Crippen molar-refractivity contribution in [3.63, 3.8) is 0 Å². The molecule has 23 heavy (non-hydrogen) atoms. The van der Waals surface area contributed by atoms with E-state index in [-0.39, 0.29) is 18.2 Å². The molecule has 0 aliphatic rings. The van der Waals surface area contributed by atoms with E-state index >= 15 is 0 Å². The Morgan fingerprint density at radius 1 is 1.17 bits per heavy atom. The topological polar surface area (TPSA) is 84.5 Å². The maximum Gasteiger partial charge on any atom is 0.355 e. The van der Waals surface area contributed by atoms with E-state index in [9.17, 15) is 14.4 Å². The Morgan fingerprint density at radius 2 is 1.87 bits per heavy atom. The van der Waals surface area contributed by atoms with Crippen LogP contribution in [-0.2, 0) is 19.1 Å². The number of amides is 2. The number of esters is 1. The van der Waals surface area contributed by atoms with Crippen molar-refractivity contribution in [2.45, 2.75) is 26.7 Å². The van der Waals surface area contributed by atoms with Crippen LogP contribution < -0.4 is 10.6 Å². The molecule has 0 unspecified atom stereocenters. The van der Waals surface area contributed by atoms with Crippen molar-refractivity contribution in [1.29, 1.82) is 0 Å². The van der Waals surface area contributed by atoms with Gasteiger partial charge in [0.15, 0.2) is 6.61 Å². The van der Waals surface area contributed by atoms with Crippen LogP contribution in [0, 0.1) is 0 Å². The van der Waals surface area contributed by atoms with E-state index in [1.165, 1.54) is 13.0 Å². The highest BCUT2D eigenvalue weighted by molar-refractivity contribution is 5.98. The lowest BCUT2D eigenvalue weighted by atomic mass is 10.2. The standard InChI is InChI=1S/C17H22N2O4/c1-3-4-10-18-16(21)12-23-17(22)15(19-13(2)20)11-14-8-6-5-7-9-14/h5-9,11H,3-4,10,12H2,1-2H3,(H,18,21)(H,19,20)/b15-11-. The summed E-state index contributed by atoms with van der Waals surface area (Å²) in [6, 6.07) is 9.03. The van der Waals surface area contributed by atoms with Crippen LogP contribution >= 0.6 is 0 Å². The van der Waals surface area contributed by atoms with Crippen LogP contribution in [0.4, 0.5) is 0 Å². The average molecular weight is 318 g/mol. The zero-order valence-electron chi connectivity index (χ0n) is 13.4. The SMILES string of the molecule is CCCCNC(=O)COC(=O)/C(=C/c1ccccc1)NC(C)=O. The highest BCUT2D eigenvalue weighted by Gasteiger charge is 2.14. The molecule has 0 saturated heterocycles. The number of nitrogens with one attached hydrogen (secondary N) is 2. The smallest absolute Gasteiger partial charge is 0.355 e. The van der Waals surface area contributed by atoms with Gasteiger partial charge < -0.3 is 15.4 Å². The molecule has 0 aliphatic heterocycles. The van der Waals surface area contributed by atoms with Gasteiger partial charge in [-0.25, -0.2) is 4.79 Å². The molecular formula is C17H22N2O4. The molecule has 124 valence electrons. The normalized spacial score (nSPS) is 10.8. The molecule has 0 heterocycles. The van der Waals surface area contributed by atoms with Gasteiger partial charge in [0.1, 0.15) is 5.70 Å². The van der Waals surface area contributed by atoms with Crippen LogP contribution in [0.3, 0.4) is 0 Å².